The van der Waals surface area contributed by atoms with Crippen molar-refractivity contribution in [2.24, 2.45) is 5.41 Å². The standard InChI is InChI=1S/C21H32N2O3/c1-18(22-13-15-26-16-14-22)20(25)23-11-9-21(17-24,10-12-23)8-7-19-5-3-2-4-6-19/h2-6,18,24H,7-17H2,1H3. The number of rotatable bonds is 6. The number of amides is 1. The van der Waals surface area contributed by atoms with Crippen molar-refractivity contribution in [1.29, 1.82) is 0 Å². The summed E-state index contributed by atoms with van der Waals surface area (Å²) < 4.78 is 5.39. The van der Waals surface area contributed by atoms with Gasteiger partial charge < -0.3 is 14.7 Å². The highest BCUT2D eigenvalue weighted by Gasteiger charge is 2.37. The van der Waals surface area contributed by atoms with E-state index in [9.17, 15) is 9.90 Å². The number of hydrogen-bond donors (Lipinski definition) is 1. The maximum atomic E-state index is 12.9. The predicted octanol–water partition coefficient (Wildman–Crippen LogP) is 1.94. The molecule has 5 nitrogen and oxygen atoms in total. The third kappa shape index (κ3) is 4.64. The fourth-order valence-corrected chi connectivity index (χ4v) is 4.13. The molecule has 0 radical (unpaired) electrons. The van der Waals surface area contributed by atoms with Gasteiger partial charge in [-0.3, -0.25) is 9.69 Å². The van der Waals surface area contributed by atoms with Crippen LogP contribution in [-0.4, -0.2) is 72.9 Å². The van der Waals surface area contributed by atoms with Crippen LogP contribution in [0.2, 0.25) is 0 Å². The number of likely N-dealkylation sites (tertiary alicyclic amines) is 1. The van der Waals surface area contributed by atoms with E-state index in [0.29, 0.717) is 13.2 Å². The van der Waals surface area contributed by atoms with Crippen LogP contribution < -0.4 is 0 Å². The number of carbonyl (C=O) groups excluding carboxylic acids is 1. The normalized spacial score (nSPS) is 22.2. The van der Waals surface area contributed by atoms with E-state index in [-0.39, 0.29) is 24.0 Å². The first-order valence-corrected chi connectivity index (χ1v) is 9.89. The molecule has 2 aliphatic rings. The highest BCUT2D eigenvalue weighted by atomic mass is 16.5. The SMILES string of the molecule is CC(C(=O)N1CCC(CO)(CCc2ccccc2)CC1)N1CCOCC1. The fraction of sp³-hybridized carbons (Fsp3) is 0.667. The van der Waals surface area contributed by atoms with E-state index in [2.05, 4.69) is 29.2 Å². The van der Waals surface area contributed by atoms with Crippen LogP contribution in [0.15, 0.2) is 30.3 Å². The lowest BCUT2D eigenvalue weighted by Gasteiger charge is -2.43. The Hall–Kier alpha value is -1.43. The van der Waals surface area contributed by atoms with Gasteiger partial charge in [-0.2, -0.15) is 0 Å². The van der Waals surface area contributed by atoms with Gasteiger partial charge >= 0.3 is 0 Å². The molecule has 0 saturated carbocycles. The summed E-state index contributed by atoms with van der Waals surface area (Å²) >= 11 is 0. The largest absolute Gasteiger partial charge is 0.396 e. The minimum absolute atomic E-state index is 0.0468. The van der Waals surface area contributed by atoms with Crippen LogP contribution >= 0.6 is 0 Å². The van der Waals surface area contributed by atoms with Gasteiger partial charge in [0.05, 0.1) is 19.3 Å². The molecule has 0 aromatic heterocycles. The second-order valence-electron chi connectivity index (χ2n) is 7.79. The van der Waals surface area contributed by atoms with E-state index in [1.54, 1.807) is 0 Å². The van der Waals surface area contributed by atoms with Crippen molar-refractivity contribution in [1.82, 2.24) is 9.80 Å². The highest BCUT2D eigenvalue weighted by molar-refractivity contribution is 5.81. The molecule has 0 bridgehead atoms. The van der Waals surface area contributed by atoms with Gasteiger partial charge in [0.15, 0.2) is 0 Å². The molecule has 0 spiro atoms. The van der Waals surface area contributed by atoms with Gasteiger partial charge in [-0.25, -0.2) is 0 Å². The molecule has 1 aromatic rings. The molecule has 144 valence electrons. The molecule has 2 saturated heterocycles. The Morgan fingerprint density at radius 3 is 2.42 bits per heavy atom. The number of nitrogens with zero attached hydrogens (tertiary/aromatic N) is 2. The number of hydrogen-bond acceptors (Lipinski definition) is 4. The minimum Gasteiger partial charge on any atom is -0.396 e. The molecule has 26 heavy (non-hydrogen) atoms. The molecular formula is C21H32N2O3. The topological polar surface area (TPSA) is 53.0 Å². The van der Waals surface area contributed by atoms with Gasteiger partial charge in [-0.15, -0.1) is 0 Å². The first kappa shape index (κ1) is 19.3. The van der Waals surface area contributed by atoms with Gasteiger partial charge in [0.2, 0.25) is 5.91 Å². The summed E-state index contributed by atoms with van der Waals surface area (Å²) in [6.45, 7) is 6.82. The van der Waals surface area contributed by atoms with Crippen molar-refractivity contribution in [2.75, 3.05) is 46.0 Å². The molecule has 1 N–H and O–H groups in total. The Kier molecular flexibility index (Phi) is 6.68. The lowest BCUT2D eigenvalue weighted by Crippen LogP contribution is -2.53. The van der Waals surface area contributed by atoms with Gasteiger partial charge in [0, 0.05) is 32.8 Å². The highest BCUT2D eigenvalue weighted by Crippen LogP contribution is 2.36. The monoisotopic (exact) mass is 360 g/mol. The number of ether oxygens (including phenoxy) is 1. The maximum Gasteiger partial charge on any atom is 0.239 e. The zero-order valence-electron chi connectivity index (χ0n) is 15.9. The Labute approximate surface area is 156 Å². The van der Waals surface area contributed by atoms with Crippen molar-refractivity contribution in [3.05, 3.63) is 35.9 Å². The van der Waals surface area contributed by atoms with Gasteiger partial charge in [0.25, 0.3) is 0 Å². The number of aliphatic hydroxyl groups excluding tert-OH is 1. The molecule has 2 fully saturated rings. The van der Waals surface area contributed by atoms with Crippen LogP contribution in [0.4, 0.5) is 0 Å². The molecule has 1 unspecified atom stereocenters. The zero-order chi connectivity index (χ0) is 18.4. The Bertz CT molecular complexity index is 564. The molecule has 0 aliphatic carbocycles. The van der Waals surface area contributed by atoms with Gasteiger partial charge in [-0.1, -0.05) is 30.3 Å². The average molecular weight is 360 g/mol. The van der Waals surface area contributed by atoms with Crippen molar-refractivity contribution in [2.45, 2.75) is 38.6 Å². The minimum atomic E-state index is -0.0788. The zero-order valence-corrected chi connectivity index (χ0v) is 15.9. The number of morpholine rings is 1. The lowest BCUT2D eigenvalue weighted by atomic mass is 9.74. The van der Waals surface area contributed by atoms with E-state index < -0.39 is 0 Å². The van der Waals surface area contributed by atoms with Crippen molar-refractivity contribution >= 4 is 5.91 Å². The van der Waals surface area contributed by atoms with Crippen LogP contribution in [0.25, 0.3) is 0 Å². The van der Waals surface area contributed by atoms with Crippen LogP contribution in [0.3, 0.4) is 0 Å². The quantitative estimate of drug-likeness (QED) is 0.842. The Morgan fingerprint density at radius 1 is 1.15 bits per heavy atom. The van der Waals surface area contributed by atoms with E-state index in [1.165, 1.54) is 5.56 Å². The first-order valence-electron chi connectivity index (χ1n) is 9.89. The van der Waals surface area contributed by atoms with E-state index in [0.717, 1.165) is 51.9 Å². The molecule has 3 rings (SSSR count). The van der Waals surface area contributed by atoms with Crippen molar-refractivity contribution < 1.29 is 14.6 Å². The summed E-state index contributed by atoms with van der Waals surface area (Å²) in [5.41, 5.74) is 1.27. The Balaban J connectivity index is 1.52. The molecule has 1 aromatic carbocycles. The van der Waals surface area contributed by atoms with E-state index >= 15 is 0 Å². The lowest BCUT2D eigenvalue weighted by molar-refractivity contribution is -0.141. The fourth-order valence-electron chi connectivity index (χ4n) is 4.13. The van der Waals surface area contributed by atoms with E-state index in [4.69, 9.17) is 4.74 Å². The molecule has 2 aliphatic heterocycles. The summed E-state index contributed by atoms with van der Waals surface area (Å²) in [6.07, 6.45) is 3.74. The number of aliphatic hydroxyl groups is 1. The molecule has 5 heteroatoms. The number of aryl methyl sites for hydroxylation is 1. The number of carbonyl (C=O) groups is 1. The summed E-state index contributed by atoms with van der Waals surface area (Å²) in [4.78, 5) is 17.1. The van der Waals surface area contributed by atoms with Crippen molar-refractivity contribution in [3.63, 3.8) is 0 Å². The summed E-state index contributed by atoms with van der Waals surface area (Å²) in [5.74, 6) is 0.224. The van der Waals surface area contributed by atoms with Gasteiger partial charge in [-0.05, 0) is 43.6 Å². The van der Waals surface area contributed by atoms with Crippen LogP contribution in [0.1, 0.15) is 31.7 Å². The molecule has 2 heterocycles. The van der Waals surface area contributed by atoms with E-state index in [1.807, 2.05) is 17.9 Å². The average Bonchev–Trinajstić information content (AvgIpc) is 2.73. The first-order chi connectivity index (χ1) is 12.6. The van der Waals surface area contributed by atoms with Crippen LogP contribution in [0, 0.1) is 5.41 Å². The maximum absolute atomic E-state index is 12.9. The third-order valence-electron chi connectivity index (χ3n) is 6.21. The number of piperidine rings is 1. The smallest absolute Gasteiger partial charge is 0.239 e. The van der Waals surface area contributed by atoms with Gasteiger partial charge in [0.1, 0.15) is 0 Å². The molecular weight excluding hydrogens is 328 g/mol. The second kappa shape index (κ2) is 8.98. The molecule has 1 atom stereocenters. The summed E-state index contributed by atoms with van der Waals surface area (Å²) in [7, 11) is 0. The Morgan fingerprint density at radius 2 is 1.81 bits per heavy atom. The predicted molar refractivity (Wildman–Crippen MR) is 102 cm³/mol. The van der Waals surface area contributed by atoms with Crippen LogP contribution in [-0.2, 0) is 16.0 Å². The third-order valence-corrected chi connectivity index (χ3v) is 6.21. The molecule has 1 amide bonds. The summed E-state index contributed by atoms with van der Waals surface area (Å²) in [6, 6.07) is 10.4. The van der Waals surface area contributed by atoms with Crippen LogP contribution in [0.5, 0.6) is 0 Å². The summed E-state index contributed by atoms with van der Waals surface area (Å²) in [5, 5.41) is 10.0. The second-order valence-corrected chi connectivity index (χ2v) is 7.79. The number of benzene rings is 1. The van der Waals surface area contributed by atoms with Crippen molar-refractivity contribution in [3.8, 4) is 0 Å².